The fourth-order valence-corrected chi connectivity index (χ4v) is 3.84. The number of hydrogen-bond acceptors (Lipinski definition) is 4. The fourth-order valence-electron chi connectivity index (χ4n) is 2.68. The summed E-state index contributed by atoms with van der Waals surface area (Å²) >= 11 is 0. The second kappa shape index (κ2) is 7.73. The van der Waals surface area contributed by atoms with Crippen molar-refractivity contribution in [3.05, 3.63) is 0 Å². The van der Waals surface area contributed by atoms with Gasteiger partial charge in [-0.05, 0) is 64.2 Å². The molecule has 2 N–H and O–H groups in total. The zero-order chi connectivity index (χ0) is 14.4. The van der Waals surface area contributed by atoms with Gasteiger partial charge in [0.1, 0.15) is 0 Å². The molecule has 0 radical (unpaired) electrons. The van der Waals surface area contributed by atoms with Crippen molar-refractivity contribution >= 4 is 10.0 Å². The highest BCUT2D eigenvalue weighted by atomic mass is 32.2. The summed E-state index contributed by atoms with van der Waals surface area (Å²) in [5.74, 6) is 0.762. The molecular formula is C14H29N3O2S. The van der Waals surface area contributed by atoms with Crippen molar-refractivity contribution in [1.29, 1.82) is 0 Å². The molecule has 0 aromatic carbocycles. The number of piperidine rings is 1. The molecule has 2 fully saturated rings. The van der Waals surface area contributed by atoms with Crippen LogP contribution in [0.1, 0.15) is 39.0 Å². The highest BCUT2D eigenvalue weighted by Crippen LogP contribution is 2.18. The largest absolute Gasteiger partial charge is 0.314 e. The number of hydrogen-bond donors (Lipinski definition) is 2. The first-order valence-corrected chi connectivity index (χ1v) is 9.67. The van der Waals surface area contributed by atoms with Crippen LogP contribution in [0.5, 0.6) is 0 Å². The molecule has 5 nitrogen and oxygen atoms in total. The number of nitrogens with one attached hydrogen (secondary N) is 2. The highest BCUT2D eigenvalue weighted by Gasteiger charge is 2.21. The molecule has 1 aliphatic carbocycles. The van der Waals surface area contributed by atoms with E-state index in [-0.39, 0.29) is 5.75 Å². The monoisotopic (exact) mass is 303 g/mol. The number of rotatable bonds is 9. The lowest BCUT2D eigenvalue weighted by atomic mass is 9.97. The minimum absolute atomic E-state index is 0.251. The number of sulfonamides is 1. The van der Waals surface area contributed by atoms with Crippen LogP contribution in [-0.4, -0.2) is 57.8 Å². The topological polar surface area (TPSA) is 61.4 Å². The first-order valence-electron chi connectivity index (χ1n) is 8.02. The van der Waals surface area contributed by atoms with Gasteiger partial charge in [-0.25, -0.2) is 13.1 Å². The zero-order valence-electron chi connectivity index (χ0n) is 12.6. The van der Waals surface area contributed by atoms with Crippen LogP contribution in [0.15, 0.2) is 0 Å². The predicted octanol–water partition coefficient (Wildman–Crippen LogP) is 0.780. The van der Waals surface area contributed by atoms with Gasteiger partial charge < -0.3 is 10.2 Å². The van der Waals surface area contributed by atoms with E-state index in [9.17, 15) is 8.42 Å². The van der Waals surface area contributed by atoms with Crippen molar-refractivity contribution in [3.63, 3.8) is 0 Å². The number of nitrogens with zero attached hydrogens (tertiary/aromatic N) is 1. The minimum Gasteiger partial charge on any atom is -0.314 e. The molecule has 0 amide bonds. The van der Waals surface area contributed by atoms with Gasteiger partial charge in [-0.3, -0.25) is 0 Å². The van der Waals surface area contributed by atoms with E-state index in [1.165, 1.54) is 12.8 Å². The smallest absolute Gasteiger partial charge is 0.211 e. The van der Waals surface area contributed by atoms with Crippen molar-refractivity contribution in [2.24, 2.45) is 5.92 Å². The van der Waals surface area contributed by atoms with E-state index >= 15 is 0 Å². The quantitative estimate of drug-likeness (QED) is 0.618. The summed E-state index contributed by atoms with van der Waals surface area (Å²) in [5, 5.41) is 3.35. The highest BCUT2D eigenvalue weighted by molar-refractivity contribution is 7.89. The van der Waals surface area contributed by atoms with E-state index in [0.717, 1.165) is 39.0 Å². The van der Waals surface area contributed by atoms with Crippen molar-refractivity contribution in [3.8, 4) is 0 Å². The van der Waals surface area contributed by atoms with Crippen LogP contribution in [0.25, 0.3) is 0 Å². The van der Waals surface area contributed by atoms with E-state index < -0.39 is 10.0 Å². The first-order chi connectivity index (χ1) is 9.59. The molecule has 1 heterocycles. The summed E-state index contributed by atoms with van der Waals surface area (Å²) in [6.45, 7) is 6.93. The van der Waals surface area contributed by atoms with E-state index in [1.807, 2.05) is 0 Å². The van der Waals surface area contributed by atoms with Crippen LogP contribution < -0.4 is 10.0 Å². The third-order valence-electron chi connectivity index (χ3n) is 4.35. The van der Waals surface area contributed by atoms with Gasteiger partial charge in [-0.15, -0.1) is 0 Å². The molecule has 0 unspecified atom stereocenters. The van der Waals surface area contributed by atoms with Crippen LogP contribution in [0.4, 0.5) is 0 Å². The minimum atomic E-state index is -3.08. The molecule has 0 spiro atoms. The molecule has 0 atom stereocenters. The van der Waals surface area contributed by atoms with Gasteiger partial charge in [-0.1, -0.05) is 6.92 Å². The maximum absolute atomic E-state index is 11.9. The normalized spacial score (nSPS) is 22.2. The Kier molecular flexibility index (Phi) is 6.26. The molecule has 1 saturated heterocycles. The maximum atomic E-state index is 11.9. The molecule has 0 aromatic rings. The maximum Gasteiger partial charge on any atom is 0.211 e. The van der Waals surface area contributed by atoms with Crippen LogP contribution in [-0.2, 0) is 10.0 Å². The zero-order valence-corrected chi connectivity index (χ0v) is 13.4. The molecular weight excluding hydrogens is 274 g/mol. The summed E-state index contributed by atoms with van der Waals surface area (Å²) in [7, 11) is -3.08. The standard InChI is InChI=1S/C14H29N3O2S/c1-2-17-9-6-13(7-10-17)12-16-20(18,19)11-3-8-15-14-4-5-14/h13-16H,2-12H2,1H3. The Bertz CT molecular complexity index is 374. The molecule has 2 aliphatic rings. The molecule has 1 aliphatic heterocycles. The Morgan fingerprint density at radius 3 is 2.45 bits per heavy atom. The third-order valence-corrected chi connectivity index (χ3v) is 5.78. The SMILES string of the molecule is CCN1CCC(CNS(=O)(=O)CCCNC2CC2)CC1. The predicted molar refractivity (Wildman–Crippen MR) is 82.3 cm³/mol. The molecule has 6 heteroatoms. The van der Waals surface area contributed by atoms with Crippen LogP contribution in [0, 0.1) is 5.92 Å². The molecule has 0 bridgehead atoms. The lowest BCUT2D eigenvalue weighted by Gasteiger charge is -2.30. The van der Waals surface area contributed by atoms with Gasteiger partial charge in [0.15, 0.2) is 0 Å². The fraction of sp³-hybridized carbons (Fsp3) is 1.00. The van der Waals surface area contributed by atoms with Gasteiger partial charge >= 0.3 is 0 Å². The molecule has 0 aromatic heterocycles. The molecule has 1 saturated carbocycles. The summed E-state index contributed by atoms with van der Waals surface area (Å²) in [4.78, 5) is 2.43. The summed E-state index contributed by atoms with van der Waals surface area (Å²) in [6, 6.07) is 0.661. The van der Waals surface area contributed by atoms with Gasteiger partial charge in [0.25, 0.3) is 0 Å². The molecule has 2 rings (SSSR count). The van der Waals surface area contributed by atoms with Crippen molar-refractivity contribution in [2.75, 3.05) is 38.5 Å². The summed E-state index contributed by atoms with van der Waals surface area (Å²) in [6.07, 6.45) is 5.43. The lowest BCUT2D eigenvalue weighted by molar-refractivity contribution is 0.194. The van der Waals surface area contributed by atoms with E-state index in [4.69, 9.17) is 0 Å². The Morgan fingerprint density at radius 2 is 1.85 bits per heavy atom. The van der Waals surface area contributed by atoms with E-state index in [1.54, 1.807) is 0 Å². The Balaban J connectivity index is 1.56. The summed E-state index contributed by atoms with van der Waals surface area (Å²) in [5.41, 5.74) is 0. The molecule has 20 heavy (non-hydrogen) atoms. The van der Waals surface area contributed by atoms with Gasteiger partial charge in [0.2, 0.25) is 10.0 Å². The van der Waals surface area contributed by atoms with E-state index in [2.05, 4.69) is 21.9 Å². The van der Waals surface area contributed by atoms with Gasteiger partial charge in [-0.2, -0.15) is 0 Å². The van der Waals surface area contributed by atoms with Crippen LogP contribution in [0.2, 0.25) is 0 Å². The van der Waals surface area contributed by atoms with E-state index in [0.29, 0.717) is 24.9 Å². The summed E-state index contributed by atoms with van der Waals surface area (Å²) < 4.78 is 26.6. The van der Waals surface area contributed by atoms with Crippen LogP contribution >= 0.6 is 0 Å². The second-order valence-corrected chi connectivity index (χ2v) is 8.05. The Labute approximate surface area is 123 Å². The van der Waals surface area contributed by atoms with Crippen molar-refractivity contribution in [2.45, 2.75) is 45.1 Å². The number of likely N-dealkylation sites (tertiary alicyclic amines) is 1. The average molecular weight is 303 g/mol. The van der Waals surface area contributed by atoms with Crippen molar-refractivity contribution in [1.82, 2.24) is 14.9 Å². The van der Waals surface area contributed by atoms with Crippen molar-refractivity contribution < 1.29 is 8.42 Å². The Hall–Kier alpha value is -0.170. The average Bonchev–Trinajstić information content (AvgIpc) is 3.26. The van der Waals surface area contributed by atoms with Gasteiger partial charge in [0.05, 0.1) is 5.75 Å². The Morgan fingerprint density at radius 1 is 1.15 bits per heavy atom. The van der Waals surface area contributed by atoms with Crippen LogP contribution in [0.3, 0.4) is 0 Å². The van der Waals surface area contributed by atoms with Gasteiger partial charge in [0, 0.05) is 12.6 Å². The first kappa shape index (κ1) is 16.2. The second-order valence-electron chi connectivity index (χ2n) is 6.13. The molecule has 118 valence electrons. The third kappa shape index (κ3) is 6.08. The lowest BCUT2D eigenvalue weighted by Crippen LogP contribution is -2.39.